The maximum absolute atomic E-state index is 12.3. The molecule has 0 aliphatic rings. The van der Waals surface area contributed by atoms with E-state index < -0.39 is 21.5 Å². The van der Waals surface area contributed by atoms with Crippen molar-refractivity contribution in [1.82, 2.24) is 10.2 Å². The number of benzene rings is 2. The van der Waals surface area contributed by atoms with Gasteiger partial charge in [-0.3, -0.25) is 10.1 Å². The van der Waals surface area contributed by atoms with Crippen LogP contribution in [-0.2, 0) is 14.6 Å². The van der Waals surface area contributed by atoms with Crippen molar-refractivity contribution in [3.63, 3.8) is 0 Å². The SMILES string of the molecule is CSc1ccc(-c2nnc(NC(=O)CS(=O)(=O)c3ccc(C)cc3)o2)cc1. The molecule has 0 unspecified atom stereocenters. The fourth-order valence-corrected chi connectivity index (χ4v) is 3.82. The van der Waals surface area contributed by atoms with E-state index in [2.05, 4.69) is 15.5 Å². The number of thioether (sulfide) groups is 1. The Kier molecular flexibility index (Phi) is 5.62. The molecule has 0 aliphatic heterocycles. The molecule has 0 atom stereocenters. The number of aryl methyl sites for hydroxylation is 1. The van der Waals surface area contributed by atoms with Crippen LogP contribution in [0.4, 0.5) is 6.01 Å². The van der Waals surface area contributed by atoms with E-state index in [4.69, 9.17) is 4.42 Å². The van der Waals surface area contributed by atoms with Gasteiger partial charge < -0.3 is 4.42 Å². The molecular weight excluding hydrogens is 386 g/mol. The second kappa shape index (κ2) is 7.93. The summed E-state index contributed by atoms with van der Waals surface area (Å²) in [7, 11) is -3.75. The molecule has 3 rings (SSSR count). The number of rotatable bonds is 6. The number of nitrogens with zero attached hydrogens (tertiary/aromatic N) is 2. The summed E-state index contributed by atoms with van der Waals surface area (Å²) in [5, 5.41) is 9.94. The summed E-state index contributed by atoms with van der Waals surface area (Å²) in [5.41, 5.74) is 1.63. The van der Waals surface area contributed by atoms with Crippen LogP contribution in [0.2, 0.25) is 0 Å². The summed E-state index contributed by atoms with van der Waals surface area (Å²) < 4.78 is 30.0. The summed E-state index contributed by atoms with van der Waals surface area (Å²) in [6, 6.07) is 13.6. The molecule has 0 fully saturated rings. The molecular formula is C18H17N3O4S2. The fraction of sp³-hybridized carbons (Fsp3) is 0.167. The van der Waals surface area contributed by atoms with E-state index in [9.17, 15) is 13.2 Å². The number of aromatic nitrogens is 2. The minimum absolute atomic E-state index is 0.0864. The van der Waals surface area contributed by atoms with Crippen molar-refractivity contribution in [1.29, 1.82) is 0 Å². The van der Waals surface area contributed by atoms with Crippen LogP contribution in [0.1, 0.15) is 5.56 Å². The Hall–Kier alpha value is -2.65. The van der Waals surface area contributed by atoms with Crippen LogP contribution in [0.5, 0.6) is 0 Å². The standard InChI is InChI=1S/C18H17N3O4S2/c1-12-3-9-15(10-4-12)27(23,24)11-16(22)19-18-21-20-17(25-18)13-5-7-14(26-2)8-6-13/h3-10H,11H2,1-2H3,(H,19,21,22). The first-order valence-corrected chi connectivity index (χ1v) is 10.8. The van der Waals surface area contributed by atoms with Gasteiger partial charge in [0.1, 0.15) is 5.75 Å². The summed E-state index contributed by atoms with van der Waals surface area (Å²) in [6.07, 6.45) is 1.97. The Labute approximate surface area is 161 Å². The maximum atomic E-state index is 12.3. The van der Waals surface area contributed by atoms with E-state index >= 15 is 0 Å². The van der Waals surface area contributed by atoms with Gasteiger partial charge in [0.25, 0.3) is 0 Å². The van der Waals surface area contributed by atoms with Gasteiger partial charge in [-0.15, -0.1) is 16.9 Å². The van der Waals surface area contributed by atoms with E-state index in [1.54, 1.807) is 23.9 Å². The number of carbonyl (C=O) groups is 1. The molecule has 1 N–H and O–H groups in total. The summed E-state index contributed by atoms with van der Waals surface area (Å²) >= 11 is 1.61. The number of sulfone groups is 1. The highest BCUT2D eigenvalue weighted by atomic mass is 32.2. The Bertz CT molecular complexity index is 1040. The largest absolute Gasteiger partial charge is 0.403 e. The highest BCUT2D eigenvalue weighted by Gasteiger charge is 2.21. The molecule has 0 radical (unpaired) electrons. The van der Waals surface area contributed by atoms with Crippen molar-refractivity contribution in [2.45, 2.75) is 16.7 Å². The molecule has 2 aromatic carbocycles. The van der Waals surface area contributed by atoms with Crippen molar-refractivity contribution in [2.75, 3.05) is 17.3 Å². The molecule has 0 spiro atoms. The van der Waals surface area contributed by atoms with E-state index in [1.165, 1.54) is 12.1 Å². The van der Waals surface area contributed by atoms with Crippen LogP contribution in [0.3, 0.4) is 0 Å². The van der Waals surface area contributed by atoms with Gasteiger partial charge in [-0.25, -0.2) is 8.42 Å². The number of carbonyl (C=O) groups excluding carboxylic acids is 1. The summed E-state index contributed by atoms with van der Waals surface area (Å²) in [6.45, 7) is 1.85. The Balaban J connectivity index is 1.67. The zero-order chi connectivity index (χ0) is 19.4. The number of hydrogen-bond donors (Lipinski definition) is 1. The number of hydrogen-bond acceptors (Lipinski definition) is 7. The fourth-order valence-electron chi connectivity index (χ4n) is 2.28. The van der Waals surface area contributed by atoms with Crippen molar-refractivity contribution >= 4 is 33.5 Å². The average Bonchev–Trinajstić information content (AvgIpc) is 3.10. The second-order valence-electron chi connectivity index (χ2n) is 5.76. The van der Waals surface area contributed by atoms with Gasteiger partial charge in [0.2, 0.25) is 11.8 Å². The molecule has 7 nitrogen and oxygen atoms in total. The molecule has 3 aromatic rings. The Morgan fingerprint density at radius 3 is 2.37 bits per heavy atom. The zero-order valence-corrected chi connectivity index (χ0v) is 16.3. The molecule has 0 saturated heterocycles. The normalized spacial score (nSPS) is 11.3. The third-order valence-electron chi connectivity index (χ3n) is 3.71. The van der Waals surface area contributed by atoms with Crippen LogP contribution < -0.4 is 5.32 Å². The molecule has 0 aliphatic carbocycles. The minimum atomic E-state index is -3.75. The van der Waals surface area contributed by atoms with Crippen LogP contribution in [0, 0.1) is 6.92 Å². The summed E-state index contributed by atoms with van der Waals surface area (Å²) in [5.74, 6) is -1.22. The van der Waals surface area contributed by atoms with Gasteiger partial charge in [0, 0.05) is 10.5 Å². The lowest BCUT2D eigenvalue weighted by atomic mass is 10.2. The van der Waals surface area contributed by atoms with E-state index in [-0.39, 0.29) is 16.8 Å². The molecule has 0 saturated carbocycles. The molecule has 140 valence electrons. The molecule has 27 heavy (non-hydrogen) atoms. The quantitative estimate of drug-likeness (QED) is 0.631. The third-order valence-corrected chi connectivity index (χ3v) is 6.09. The number of anilines is 1. The first-order valence-electron chi connectivity index (χ1n) is 7.94. The molecule has 1 aromatic heterocycles. The van der Waals surface area contributed by atoms with E-state index in [0.29, 0.717) is 5.56 Å². The zero-order valence-electron chi connectivity index (χ0n) is 14.7. The maximum Gasteiger partial charge on any atom is 0.322 e. The number of amides is 1. The van der Waals surface area contributed by atoms with Crippen LogP contribution in [0.15, 0.2) is 62.7 Å². The first kappa shape index (κ1) is 19.1. The van der Waals surface area contributed by atoms with Gasteiger partial charge in [-0.1, -0.05) is 22.8 Å². The van der Waals surface area contributed by atoms with Crippen molar-refractivity contribution in [3.05, 3.63) is 54.1 Å². The third kappa shape index (κ3) is 4.75. The smallest absolute Gasteiger partial charge is 0.322 e. The Morgan fingerprint density at radius 2 is 1.74 bits per heavy atom. The van der Waals surface area contributed by atoms with Gasteiger partial charge in [-0.2, -0.15) is 0 Å². The van der Waals surface area contributed by atoms with Gasteiger partial charge in [-0.05, 0) is 49.6 Å². The lowest BCUT2D eigenvalue weighted by Crippen LogP contribution is -2.23. The minimum Gasteiger partial charge on any atom is -0.403 e. The average molecular weight is 403 g/mol. The Morgan fingerprint density at radius 1 is 1.07 bits per heavy atom. The van der Waals surface area contributed by atoms with Gasteiger partial charge in [0.05, 0.1) is 4.90 Å². The monoisotopic (exact) mass is 403 g/mol. The number of nitrogens with one attached hydrogen (secondary N) is 1. The van der Waals surface area contributed by atoms with Crippen molar-refractivity contribution in [2.24, 2.45) is 0 Å². The lowest BCUT2D eigenvalue weighted by molar-refractivity contribution is -0.114. The molecule has 9 heteroatoms. The summed E-state index contributed by atoms with van der Waals surface area (Å²) in [4.78, 5) is 13.3. The predicted molar refractivity (Wildman–Crippen MR) is 103 cm³/mol. The lowest BCUT2D eigenvalue weighted by Gasteiger charge is -2.04. The second-order valence-corrected chi connectivity index (χ2v) is 8.63. The van der Waals surface area contributed by atoms with E-state index in [0.717, 1.165) is 10.5 Å². The molecule has 0 bridgehead atoms. The van der Waals surface area contributed by atoms with Crippen molar-refractivity contribution < 1.29 is 17.6 Å². The van der Waals surface area contributed by atoms with Crippen LogP contribution >= 0.6 is 11.8 Å². The molecule has 1 amide bonds. The van der Waals surface area contributed by atoms with Crippen LogP contribution in [0.25, 0.3) is 11.5 Å². The van der Waals surface area contributed by atoms with E-state index in [1.807, 2.05) is 37.4 Å². The highest BCUT2D eigenvalue weighted by Crippen LogP contribution is 2.23. The van der Waals surface area contributed by atoms with Crippen LogP contribution in [-0.4, -0.2) is 36.5 Å². The predicted octanol–water partition coefficient (Wildman–Crippen LogP) is 3.18. The topological polar surface area (TPSA) is 102 Å². The first-order chi connectivity index (χ1) is 12.9. The van der Waals surface area contributed by atoms with Crippen molar-refractivity contribution in [3.8, 4) is 11.5 Å². The molecule has 1 heterocycles. The van der Waals surface area contributed by atoms with Gasteiger partial charge >= 0.3 is 6.01 Å². The van der Waals surface area contributed by atoms with Gasteiger partial charge in [0.15, 0.2) is 9.84 Å². The highest BCUT2D eigenvalue weighted by molar-refractivity contribution is 7.98.